The molecule has 3 nitrogen and oxygen atoms in total. The average molecular weight is 382 g/mol. The van der Waals surface area contributed by atoms with Crippen molar-refractivity contribution in [1.29, 1.82) is 0 Å². The first-order valence-corrected chi connectivity index (χ1v) is 8.02. The van der Waals surface area contributed by atoms with Crippen LogP contribution in [0, 0.1) is 11.6 Å². The highest BCUT2D eigenvalue weighted by Crippen LogP contribution is 2.37. The van der Waals surface area contributed by atoms with Crippen LogP contribution in [0.5, 0.6) is 0 Å². The number of carbonyl (C=O) groups excluding carboxylic acids is 1. The van der Waals surface area contributed by atoms with E-state index in [4.69, 9.17) is 4.74 Å². The molecule has 1 aliphatic heterocycles. The molecule has 0 atom stereocenters. The van der Waals surface area contributed by atoms with Gasteiger partial charge in [-0.15, -0.1) is 0 Å². The van der Waals surface area contributed by atoms with Gasteiger partial charge in [0.25, 0.3) is 0 Å². The van der Waals surface area contributed by atoms with Gasteiger partial charge in [0.2, 0.25) is 0 Å². The Morgan fingerprint density at radius 1 is 1.22 bits per heavy atom. The summed E-state index contributed by atoms with van der Waals surface area (Å²) in [7, 11) is 0. The van der Waals surface area contributed by atoms with E-state index in [1.807, 2.05) is 30.3 Å². The maximum absolute atomic E-state index is 14.2. The summed E-state index contributed by atoms with van der Waals surface area (Å²) in [5.41, 5.74) is 1.41. The first kappa shape index (κ1) is 15.9. The summed E-state index contributed by atoms with van der Waals surface area (Å²) in [5, 5.41) is 0. The lowest BCUT2D eigenvalue weighted by Crippen LogP contribution is -2.37. The lowest BCUT2D eigenvalue weighted by molar-refractivity contribution is 0.146. The molecule has 0 aromatic heterocycles. The standard InChI is InChI=1S/C17H14BrF2NO2/c18-15-12-7-4-8-21(16(12)14(20)9-13(15)19)17(22)23-10-11-5-2-1-3-6-11/h1-3,5-6,9H,4,7-8,10H2. The van der Waals surface area contributed by atoms with Gasteiger partial charge in [-0.3, -0.25) is 4.90 Å². The lowest BCUT2D eigenvalue weighted by atomic mass is 10.0. The molecule has 1 aliphatic rings. The van der Waals surface area contributed by atoms with Gasteiger partial charge in [-0.2, -0.15) is 0 Å². The average Bonchev–Trinajstić information content (AvgIpc) is 2.58. The fraction of sp³-hybridized carbons (Fsp3) is 0.235. The van der Waals surface area contributed by atoms with Crippen molar-refractivity contribution < 1.29 is 18.3 Å². The van der Waals surface area contributed by atoms with Gasteiger partial charge >= 0.3 is 6.09 Å². The highest BCUT2D eigenvalue weighted by Gasteiger charge is 2.30. The fourth-order valence-corrected chi connectivity index (χ4v) is 3.16. The molecule has 0 bridgehead atoms. The number of amides is 1. The van der Waals surface area contributed by atoms with Crippen LogP contribution in [0.1, 0.15) is 17.5 Å². The Kier molecular flexibility index (Phi) is 4.61. The number of rotatable bonds is 2. The van der Waals surface area contributed by atoms with Crippen molar-refractivity contribution in [2.24, 2.45) is 0 Å². The van der Waals surface area contributed by atoms with Crippen LogP contribution < -0.4 is 4.90 Å². The van der Waals surface area contributed by atoms with Crippen LogP contribution >= 0.6 is 15.9 Å². The third-order valence-electron chi connectivity index (χ3n) is 3.74. The fourth-order valence-electron chi connectivity index (χ4n) is 2.66. The van der Waals surface area contributed by atoms with Gasteiger partial charge in [0.05, 0.1) is 10.2 Å². The van der Waals surface area contributed by atoms with Crippen LogP contribution in [0.15, 0.2) is 40.9 Å². The van der Waals surface area contributed by atoms with E-state index in [2.05, 4.69) is 15.9 Å². The highest BCUT2D eigenvalue weighted by molar-refractivity contribution is 9.10. The number of ether oxygens (including phenoxy) is 1. The van der Waals surface area contributed by atoms with Gasteiger partial charge in [0.15, 0.2) is 0 Å². The van der Waals surface area contributed by atoms with Crippen molar-refractivity contribution >= 4 is 27.7 Å². The molecule has 120 valence electrons. The Morgan fingerprint density at radius 2 is 1.96 bits per heavy atom. The maximum Gasteiger partial charge on any atom is 0.414 e. The maximum atomic E-state index is 14.2. The minimum absolute atomic E-state index is 0.0996. The molecule has 0 unspecified atom stereocenters. The topological polar surface area (TPSA) is 29.5 Å². The van der Waals surface area contributed by atoms with Crippen molar-refractivity contribution in [2.75, 3.05) is 11.4 Å². The van der Waals surface area contributed by atoms with Gasteiger partial charge < -0.3 is 4.74 Å². The van der Waals surface area contributed by atoms with Gasteiger partial charge in [0.1, 0.15) is 18.2 Å². The molecule has 1 amide bonds. The molecular weight excluding hydrogens is 368 g/mol. The number of halogens is 3. The number of nitrogens with zero attached hydrogens (tertiary/aromatic N) is 1. The van der Waals surface area contributed by atoms with Crippen LogP contribution in [-0.2, 0) is 17.8 Å². The van der Waals surface area contributed by atoms with Gasteiger partial charge in [-0.1, -0.05) is 30.3 Å². The second-order valence-electron chi connectivity index (χ2n) is 5.28. The summed E-state index contributed by atoms with van der Waals surface area (Å²) in [6.07, 6.45) is 0.495. The van der Waals surface area contributed by atoms with E-state index in [0.717, 1.165) is 11.6 Å². The van der Waals surface area contributed by atoms with E-state index in [1.54, 1.807) is 0 Å². The minimum Gasteiger partial charge on any atom is -0.444 e. The number of anilines is 1. The van der Waals surface area contributed by atoms with Crippen LogP contribution in [0.25, 0.3) is 0 Å². The van der Waals surface area contributed by atoms with Crippen LogP contribution in [0.2, 0.25) is 0 Å². The molecule has 2 aromatic carbocycles. The van der Waals surface area contributed by atoms with Crippen molar-refractivity contribution in [1.82, 2.24) is 0 Å². The van der Waals surface area contributed by atoms with E-state index in [1.165, 1.54) is 4.90 Å². The van der Waals surface area contributed by atoms with Crippen LogP contribution in [0.4, 0.5) is 19.3 Å². The summed E-state index contributed by atoms with van der Waals surface area (Å²) < 4.78 is 33.3. The van der Waals surface area contributed by atoms with E-state index in [0.29, 0.717) is 24.9 Å². The number of benzene rings is 2. The van der Waals surface area contributed by atoms with Gasteiger partial charge in [-0.25, -0.2) is 13.6 Å². The third-order valence-corrected chi connectivity index (χ3v) is 4.60. The zero-order chi connectivity index (χ0) is 16.4. The number of carbonyl (C=O) groups is 1. The smallest absolute Gasteiger partial charge is 0.414 e. The Morgan fingerprint density at radius 3 is 2.70 bits per heavy atom. The van der Waals surface area contributed by atoms with Crippen LogP contribution in [0.3, 0.4) is 0 Å². The van der Waals surface area contributed by atoms with Crippen molar-refractivity contribution in [2.45, 2.75) is 19.4 Å². The Bertz CT molecular complexity index is 737. The predicted molar refractivity (Wildman–Crippen MR) is 86.4 cm³/mol. The Labute approximate surface area is 141 Å². The largest absolute Gasteiger partial charge is 0.444 e. The molecule has 0 aliphatic carbocycles. The molecular formula is C17H14BrF2NO2. The van der Waals surface area contributed by atoms with E-state index < -0.39 is 17.7 Å². The lowest BCUT2D eigenvalue weighted by Gasteiger charge is -2.29. The summed E-state index contributed by atoms with van der Waals surface area (Å²) >= 11 is 3.13. The van der Waals surface area contributed by atoms with E-state index >= 15 is 0 Å². The second kappa shape index (κ2) is 6.66. The van der Waals surface area contributed by atoms with Crippen molar-refractivity contribution in [3.8, 4) is 0 Å². The second-order valence-corrected chi connectivity index (χ2v) is 6.07. The third kappa shape index (κ3) is 3.22. The quantitative estimate of drug-likeness (QED) is 0.698. The minimum atomic E-state index is -0.753. The molecule has 3 rings (SSSR count). The normalized spacial score (nSPS) is 13.6. The summed E-state index contributed by atoms with van der Waals surface area (Å²) in [6.45, 7) is 0.450. The van der Waals surface area contributed by atoms with Crippen LogP contribution in [-0.4, -0.2) is 12.6 Å². The Hall–Kier alpha value is -1.95. The first-order valence-electron chi connectivity index (χ1n) is 7.22. The molecule has 0 saturated heterocycles. The molecule has 1 heterocycles. The number of fused-ring (bicyclic) bond motifs is 1. The zero-order valence-corrected chi connectivity index (χ0v) is 13.8. The highest BCUT2D eigenvalue weighted by atomic mass is 79.9. The molecule has 23 heavy (non-hydrogen) atoms. The van der Waals surface area contributed by atoms with Crippen molar-refractivity contribution in [3.63, 3.8) is 0 Å². The SMILES string of the molecule is O=C(OCc1ccccc1)N1CCCc2c(Br)c(F)cc(F)c21. The van der Waals surface area contributed by atoms with Gasteiger partial charge in [-0.05, 0) is 39.9 Å². The molecule has 0 N–H and O–H groups in total. The molecule has 2 aromatic rings. The summed E-state index contributed by atoms with van der Waals surface area (Å²) in [4.78, 5) is 13.5. The summed E-state index contributed by atoms with van der Waals surface area (Å²) in [6, 6.07) is 10.0. The van der Waals surface area contributed by atoms with Gasteiger partial charge in [0, 0.05) is 12.6 Å². The monoisotopic (exact) mass is 381 g/mol. The number of hydrogen-bond acceptors (Lipinski definition) is 2. The predicted octanol–water partition coefficient (Wildman–Crippen LogP) is 4.82. The molecule has 0 spiro atoms. The molecule has 0 radical (unpaired) electrons. The summed E-state index contributed by atoms with van der Waals surface area (Å²) in [5.74, 6) is -1.42. The molecule has 0 saturated carbocycles. The molecule has 6 heteroatoms. The van der Waals surface area contributed by atoms with E-state index in [-0.39, 0.29) is 16.8 Å². The Balaban J connectivity index is 1.82. The van der Waals surface area contributed by atoms with E-state index in [9.17, 15) is 13.6 Å². The zero-order valence-electron chi connectivity index (χ0n) is 12.2. The number of hydrogen-bond donors (Lipinski definition) is 0. The van der Waals surface area contributed by atoms with Crippen molar-refractivity contribution in [3.05, 3.63) is 63.6 Å². The molecule has 0 fully saturated rings. The first-order chi connectivity index (χ1) is 11.1.